The van der Waals surface area contributed by atoms with Gasteiger partial charge in [-0.15, -0.1) is 11.3 Å². The minimum atomic E-state index is -3.97. The number of thiophene rings is 1. The van der Waals surface area contributed by atoms with Crippen LogP contribution < -0.4 is 0 Å². The van der Waals surface area contributed by atoms with Crippen LogP contribution in [0.15, 0.2) is 52.7 Å². The van der Waals surface area contributed by atoms with Gasteiger partial charge in [0.2, 0.25) is 0 Å². The lowest BCUT2D eigenvalue weighted by Crippen LogP contribution is -2.59. The number of carboxylic acid groups (broad SMARTS) is 1. The topological polar surface area (TPSA) is 122 Å². The number of piperazine rings is 1. The normalized spacial score (nSPS) is 16.6. The zero-order valence-electron chi connectivity index (χ0n) is 20.3. The molecule has 12 heteroatoms. The van der Waals surface area contributed by atoms with E-state index in [1.165, 1.54) is 4.90 Å². The Morgan fingerprint density at radius 3 is 2.46 bits per heavy atom. The predicted octanol–water partition coefficient (Wildman–Crippen LogP) is 3.82. The first kappa shape index (κ1) is 27.1. The average Bonchev–Trinajstić information content (AvgIpc) is 3.32. The molecule has 0 aliphatic carbocycles. The van der Waals surface area contributed by atoms with Crippen LogP contribution in [0.2, 0.25) is 5.02 Å². The zero-order chi connectivity index (χ0) is 26.9. The van der Waals surface area contributed by atoms with E-state index in [4.69, 9.17) is 17.0 Å². The number of aliphatic carboxylic acids is 1. The summed E-state index contributed by atoms with van der Waals surface area (Å²) < 4.78 is 28.6. The molecular formula is C25H27ClN4O5S2. The maximum atomic E-state index is 13.3. The monoisotopic (exact) mass is 562 g/mol. The number of carbonyl (C=O) groups is 2. The SMILES string of the molecule is CCCN(C)C(=N)c1ccc(C(=O)N2CCN(S(=O)(=O)c3cc4ccc(Cl)cc4s3)CC2C(=O)O)cc1. The summed E-state index contributed by atoms with van der Waals surface area (Å²) in [5.41, 5.74) is 0.918. The van der Waals surface area contributed by atoms with Gasteiger partial charge in [-0.05, 0) is 42.1 Å². The molecule has 0 saturated carbocycles. The van der Waals surface area contributed by atoms with Crippen molar-refractivity contribution in [1.29, 1.82) is 5.41 Å². The molecule has 1 unspecified atom stereocenters. The first-order valence-electron chi connectivity index (χ1n) is 11.7. The van der Waals surface area contributed by atoms with E-state index in [0.717, 1.165) is 34.0 Å². The van der Waals surface area contributed by atoms with Crippen LogP contribution in [0.5, 0.6) is 0 Å². The summed E-state index contributed by atoms with van der Waals surface area (Å²) in [6, 6.07) is 11.8. The molecule has 0 spiro atoms. The lowest BCUT2D eigenvalue weighted by atomic mass is 10.1. The molecule has 1 atom stereocenters. The van der Waals surface area contributed by atoms with Gasteiger partial charge in [-0.1, -0.05) is 36.7 Å². The van der Waals surface area contributed by atoms with Gasteiger partial charge in [0.1, 0.15) is 16.1 Å². The number of sulfonamides is 1. The molecule has 4 rings (SSSR count). The Morgan fingerprint density at radius 2 is 1.81 bits per heavy atom. The number of nitrogens with one attached hydrogen (secondary N) is 1. The van der Waals surface area contributed by atoms with Crippen LogP contribution in [-0.2, 0) is 14.8 Å². The molecule has 3 aromatic rings. The smallest absolute Gasteiger partial charge is 0.327 e. The molecule has 2 aromatic carbocycles. The van der Waals surface area contributed by atoms with Crippen molar-refractivity contribution in [3.63, 3.8) is 0 Å². The number of nitrogens with zero attached hydrogens (tertiary/aromatic N) is 3. The fourth-order valence-electron chi connectivity index (χ4n) is 4.27. The number of hydrogen-bond acceptors (Lipinski definition) is 6. The Labute approximate surface area is 224 Å². The van der Waals surface area contributed by atoms with Gasteiger partial charge in [0.15, 0.2) is 0 Å². The van der Waals surface area contributed by atoms with Crippen molar-refractivity contribution in [2.45, 2.75) is 23.6 Å². The molecule has 0 bridgehead atoms. The molecule has 0 radical (unpaired) electrons. The van der Waals surface area contributed by atoms with Crippen LogP contribution >= 0.6 is 22.9 Å². The number of fused-ring (bicyclic) bond motifs is 1. The average molecular weight is 563 g/mol. The molecule has 1 aliphatic heterocycles. The lowest BCUT2D eigenvalue weighted by Gasteiger charge is -2.38. The van der Waals surface area contributed by atoms with Crippen molar-refractivity contribution < 1.29 is 23.1 Å². The second-order valence-corrected chi connectivity index (χ2v) is 12.5. The number of benzene rings is 2. The highest BCUT2D eigenvalue weighted by Gasteiger charge is 2.40. The van der Waals surface area contributed by atoms with Gasteiger partial charge in [0, 0.05) is 54.1 Å². The van der Waals surface area contributed by atoms with E-state index in [9.17, 15) is 23.1 Å². The van der Waals surface area contributed by atoms with Crippen LogP contribution in [0.3, 0.4) is 0 Å². The van der Waals surface area contributed by atoms with Gasteiger partial charge in [-0.2, -0.15) is 4.31 Å². The number of rotatable bonds is 7. The Bertz CT molecular complexity index is 1460. The van der Waals surface area contributed by atoms with Crippen LogP contribution in [0.4, 0.5) is 0 Å². The van der Waals surface area contributed by atoms with Gasteiger partial charge in [-0.25, -0.2) is 13.2 Å². The Hall–Kier alpha value is -2.99. The van der Waals surface area contributed by atoms with Crippen molar-refractivity contribution in [3.8, 4) is 0 Å². The summed E-state index contributed by atoms with van der Waals surface area (Å²) in [5, 5.41) is 19.4. The number of amidine groups is 1. The summed E-state index contributed by atoms with van der Waals surface area (Å²) in [7, 11) is -2.14. The van der Waals surface area contributed by atoms with E-state index in [1.807, 2.05) is 18.9 Å². The fourth-order valence-corrected chi connectivity index (χ4v) is 7.54. The summed E-state index contributed by atoms with van der Waals surface area (Å²) in [4.78, 5) is 28.3. The molecule has 1 aromatic heterocycles. The van der Waals surface area contributed by atoms with Crippen molar-refractivity contribution >= 4 is 60.8 Å². The predicted molar refractivity (Wildman–Crippen MR) is 144 cm³/mol. The van der Waals surface area contributed by atoms with Gasteiger partial charge >= 0.3 is 5.97 Å². The Balaban J connectivity index is 1.52. The second kappa shape index (κ2) is 10.8. The van der Waals surface area contributed by atoms with Gasteiger partial charge in [0.25, 0.3) is 15.9 Å². The van der Waals surface area contributed by atoms with Crippen molar-refractivity contribution in [2.24, 2.45) is 0 Å². The molecule has 196 valence electrons. The molecule has 37 heavy (non-hydrogen) atoms. The first-order chi connectivity index (χ1) is 17.5. The van der Waals surface area contributed by atoms with Crippen molar-refractivity contribution in [2.75, 3.05) is 33.2 Å². The second-order valence-electron chi connectivity index (χ2n) is 8.81. The number of hydrogen-bond donors (Lipinski definition) is 2. The summed E-state index contributed by atoms with van der Waals surface area (Å²) in [6.07, 6.45) is 0.894. The van der Waals surface area contributed by atoms with Crippen molar-refractivity contribution in [1.82, 2.24) is 14.1 Å². The number of amides is 1. The third-order valence-electron chi connectivity index (χ3n) is 6.29. The molecule has 9 nitrogen and oxygen atoms in total. The Morgan fingerprint density at radius 1 is 1.14 bits per heavy atom. The minimum Gasteiger partial charge on any atom is -0.480 e. The lowest BCUT2D eigenvalue weighted by molar-refractivity contribution is -0.143. The minimum absolute atomic E-state index is 0.0304. The van der Waals surface area contributed by atoms with Gasteiger partial charge in [0.05, 0.1) is 0 Å². The summed E-state index contributed by atoms with van der Waals surface area (Å²) in [5.74, 6) is -1.46. The molecule has 1 fully saturated rings. The number of carboxylic acids is 1. The fraction of sp³-hybridized carbons (Fsp3) is 0.320. The third-order valence-corrected chi connectivity index (χ3v) is 9.94. The highest BCUT2D eigenvalue weighted by molar-refractivity contribution is 7.91. The number of carbonyl (C=O) groups excluding carboxylic acids is 1. The summed E-state index contributed by atoms with van der Waals surface area (Å²) >= 11 is 7.09. The van der Waals surface area contributed by atoms with E-state index in [0.29, 0.717) is 21.1 Å². The molecule has 1 amide bonds. The number of halogens is 1. The Kier molecular flexibility index (Phi) is 7.88. The summed E-state index contributed by atoms with van der Waals surface area (Å²) in [6.45, 7) is 2.29. The van der Waals surface area contributed by atoms with Crippen LogP contribution in [-0.4, -0.2) is 84.6 Å². The van der Waals surface area contributed by atoms with E-state index in [1.54, 1.807) is 48.5 Å². The van der Waals surface area contributed by atoms with Crippen molar-refractivity contribution in [3.05, 3.63) is 64.7 Å². The highest BCUT2D eigenvalue weighted by Crippen LogP contribution is 2.33. The van der Waals surface area contributed by atoms with E-state index in [2.05, 4.69) is 0 Å². The zero-order valence-corrected chi connectivity index (χ0v) is 22.7. The molecular weight excluding hydrogens is 536 g/mol. The van der Waals surface area contributed by atoms with Gasteiger partial charge in [-0.3, -0.25) is 10.2 Å². The third kappa shape index (κ3) is 5.49. The largest absolute Gasteiger partial charge is 0.480 e. The quantitative estimate of drug-likeness (QED) is 0.333. The standard InChI is InChI=1S/C25H27ClN4O5S2/c1-3-10-28(2)23(27)16-4-6-17(7-5-16)24(31)30-12-11-29(15-20(30)25(32)33)37(34,35)22-13-18-8-9-19(26)14-21(18)36-22/h4-9,13-14,20,27H,3,10-12,15H2,1-2H3,(H,32,33). The maximum absolute atomic E-state index is 13.3. The highest BCUT2D eigenvalue weighted by atomic mass is 35.5. The first-order valence-corrected chi connectivity index (χ1v) is 14.3. The van der Waals surface area contributed by atoms with Gasteiger partial charge < -0.3 is 14.9 Å². The van der Waals surface area contributed by atoms with E-state index < -0.39 is 27.9 Å². The molecule has 1 aliphatic rings. The van der Waals surface area contributed by atoms with E-state index in [-0.39, 0.29) is 29.4 Å². The van der Waals surface area contributed by atoms with Crippen LogP contribution in [0, 0.1) is 5.41 Å². The van der Waals surface area contributed by atoms with Crippen LogP contribution in [0.1, 0.15) is 29.3 Å². The molecule has 1 saturated heterocycles. The van der Waals surface area contributed by atoms with Crippen LogP contribution in [0.25, 0.3) is 10.1 Å². The maximum Gasteiger partial charge on any atom is 0.327 e. The molecule has 2 N–H and O–H groups in total. The van der Waals surface area contributed by atoms with E-state index >= 15 is 0 Å². The molecule has 2 heterocycles.